The Balaban J connectivity index is 1.51. The molecule has 6 aromatic rings. The molecule has 0 saturated carbocycles. The summed E-state index contributed by atoms with van der Waals surface area (Å²) in [5, 5.41) is 4.17. The van der Waals surface area contributed by atoms with Crippen molar-refractivity contribution in [3.8, 4) is 0 Å². The number of benzene rings is 6. The zero-order valence-corrected chi connectivity index (χ0v) is 24.2. The van der Waals surface area contributed by atoms with E-state index in [2.05, 4.69) is 90.2 Å². The maximum Gasteiger partial charge on any atom is 0.117 e. The molecule has 14 radical (unpaired) electrons. The van der Waals surface area contributed by atoms with E-state index in [0.29, 0.717) is 16.5 Å². The fourth-order valence-electron chi connectivity index (χ4n) is 5.64. The van der Waals surface area contributed by atoms with Gasteiger partial charge >= 0.3 is 0 Å². The van der Waals surface area contributed by atoms with E-state index in [1.807, 2.05) is 30.3 Å². The zero-order valence-electron chi connectivity index (χ0n) is 23.4. The molecule has 0 aliphatic carbocycles. The molecule has 0 fully saturated rings. The maximum absolute atomic E-state index is 6.63. The van der Waals surface area contributed by atoms with Gasteiger partial charge in [-0.15, -0.1) is 21.0 Å². The highest BCUT2D eigenvalue weighted by molar-refractivity contribution is 8.34. The minimum absolute atomic E-state index is 0.146. The Morgan fingerprint density at radius 2 is 0.698 bits per heavy atom. The number of rotatable bonds is 6. The maximum atomic E-state index is 6.63. The predicted octanol–water partition coefficient (Wildman–Crippen LogP) is 1.48. The van der Waals surface area contributed by atoms with Crippen LogP contribution in [0.1, 0.15) is 0 Å². The summed E-state index contributed by atoms with van der Waals surface area (Å²) in [7, 11) is 42.6. The van der Waals surface area contributed by atoms with Gasteiger partial charge in [-0.05, 0) is 71.4 Å². The van der Waals surface area contributed by atoms with Crippen LogP contribution in [0.25, 0.3) is 10.8 Å². The van der Waals surface area contributed by atoms with Crippen molar-refractivity contribution in [2.75, 3.05) is 5.32 Å². The Morgan fingerprint density at radius 1 is 0.349 bits per heavy atom. The van der Waals surface area contributed by atoms with Crippen molar-refractivity contribution in [2.24, 2.45) is 0 Å². The van der Waals surface area contributed by atoms with E-state index < -0.39 is 10.0 Å². The molecule has 0 bridgehead atoms. The first-order chi connectivity index (χ1) is 20.8. The van der Waals surface area contributed by atoms with Crippen LogP contribution in [0.15, 0.2) is 135 Å². The molecule has 0 aromatic heterocycles. The van der Waals surface area contributed by atoms with Crippen LogP contribution in [0.2, 0.25) is 0 Å². The summed E-state index contributed by atoms with van der Waals surface area (Å²) < 4.78 is 0. The molecule has 188 valence electrons. The van der Waals surface area contributed by atoms with E-state index in [9.17, 15) is 0 Å². The lowest BCUT2D eigenvalue weighted by Crippen LogP contribution is -2.52. The third-order valence-electron chi connectivity index (χ3n) is 7.79. The molecule has 0 unspecified atom stereocenters. The molecule has 9 heteroatoms. The van der Waals surface area contributed by atoms with E-state index in [-0.39, 0.29) is 38.2 Å². The number of hydrogen-bond donors (Lipinski definition) is 1. The average molecular weight is 550 g/mol. The minimum Gasteiger partial charge on any atom is -0.356 e. The Labute approximate surface area is 264 Å². The fraction of sp³-hybridized carbons (Fsp3) is 0. The molecule has 1 nitrogen and oxygen atoms in total. The second-order valence-corrected chi connectivity index (χ2v) is 13.3. The predicted molar refractivity (Wildman–Crippen MR) is 191 cm³/mol. The molecular weight excluding hydrogens is 530 g/mol. The minimum atomic E-state index is -1.83. The van der Waals surface area contributed by atoms with Crippen molar-refractivity contribution < 1.29 is 0 Å². The summed E-state index contributed by atoms with van der Waals surface area (Å²) in [6.45, 7) is 0. The zero-order chi connectivity index (χ0) is 30.3. The Kier molecular flexibility index (Phi) is 7.96. The van der Waals surface area contributed by atoms with E-state index >= 15 is 0 Å². The molecule has 0 amide bonds. The summed E-state index contributed by atoms with van der Waals surface area (Å²) in [4.78, 5) is 4.86. The second-order valence-electron chi connectivity index (χ2n) is 10.2. The second kappa shape index (κ2) is 11.7. The van der Waals surface area contributed by atoms with E-state index in [1.54, 1.807) is 0 Å². The van der Waals surface area contributed by atoms with Crippen molar-refractivity contribution in [3.05, 3.63) is 115 Å². The van der Waals surface area contributed by atoms with Crippen molar-refractivity contribution in [1.82, 2.24) is 0 Å². The molecular formula is C34H20B7NS. The summed E-state index contributed by atoms with van der Waals surface area (Å²) in [6.07, 6.45) is 0. The van der Waals surface area contributed by atoms with Gasteiger partial charge < -0.3 is 5.32 Å². The quantitative estimate of drug-likeness (QED) is 0.310. The summed E-state index contributed by atoms with van der Waals surface area (Å²) in [6, 6.07) is 40.2. The molecule has 0 aliphatic rings. The van der Waals surface area contributed by atoms with Crippen molar-refractivity contribution in [3.63, 3.8) is 0 Å². The van der Waals surface area contributed by atoms with Gasteiger partial charge in [-0.3, -0.25) is 0 Å². The summed E-state index contributed by atoms with van der Waals surface area (Å²) >= 11 is 0. The Hall–Kier alpha value is -3.82. The van der Waals surface area contributed by atoms with Crippen molar-refractivity contribution in [1.29, 1.82) is 0 Å². The molecule has 0 saturated heterocycles. The van der Waals surface area contributed by atoms with Crippen LogP contribution in [0.5, 0.6) is 0 Å². The highest BCUT2D eigenvalue weighted by Gasteiger charge is 2.33. The normalized spacial score (nSPS) is 11.8. The lowest BCUT2D eigenvalue weighted by molar-refractivity contribution is 1.24. The van der Waals surface area contributed by atoms with Crippen LogP contribution in [0.4, 0.5) is 11.4 Å². The van der Waals surface area contributed by atoms with E-state index in [0.717, 1.165) is 5.69 Å². The molecule has 1 N–H and O–H groups in total. The lowest BCUT2D eigenvalue weighted by atomic mass is 9.59. The highest BCUT2D eigenvalue weighted by Crippen LogP contribution is 2.73. The van der Waals surface area contributed by atoms with Gasteiger partial charge in [0.05, 0.1) is 0 Å². The first-order valence-corrected chi connectivity index (χ1v) is 15.3. The van der Waals surface area contributed by atoms with Gasteiger partial charge in [0.25, 0.3) is 0 Å². The number of nitrogens with one attached hydrogen (secondary N) is 1. The standard InChI is InChI=1S/C34H20B7NS/c35-27-25-26(28(36)32(40)31(27)39)30(38)34(33(41)29(25)37)42-20-16-18-24(19-17-20)43(21-10-4-1-5-11-21,22-12-6-2-7-13-22)23-14-8-3-9-15-23/h1-19,42H. The van der Waals surface area contributed by atoms with Crippen LogP contribution in [0.3, 0.4) is 0 Å². The van der Waals surface area contributed by atoms with Gasteiger partial charge in [-0.2, -0.15) is 0 Å². The SMILES string of the molecule is [B]c1c([B])c([B])c2c([B])c(Nc3ccc(S(c4ccccc4)(c4ccccc4)c4ccccc4)cc3)c([B])c([B])c2c1[B]. The van der Waals surface area contributed by atoms with Crippen LogP contribution in [-0.4, -0.2) is 54.9 Å². The molecule has 0 atom stereocenters. The molecule has 43 heavy (non-hydrogen) atoms. The topological polar surface area (TPSA) is 12.0 Å². The van der Waals surface area contributed by atoms with Crippen molar-refractivity contribution in [2.45, 2.75) is 19.6 Å². The van der Waals surface area contributed by atoms with Gasteiger partial charge in [-0.1, -0.05) is 81.9 Å². The summed E-state index contributed by atoms with van der Waals surface area (Å²) in [5.74, 6) is 0. The van der Waals surface area contributed by atoms with Gasteiger partial charge in [-0.25, -0.2) is 0 Å². The summed E-state index contributed by atoms with van der Waals surface area (Å²) in [5.41, 5.74) is 2.61. The molecule has 0 aliphatic heterocycles. The number of hydrogen-bond acceptors (Lipinski definition) is 1. The van der Waals surface area contributed by atoms with Crippen LogP contribution < -0.4 is 43.6 Å². The Bertz CT molecular complexity index is 1850. The van der Waals surface area contributed by atoms with E-state index in [1.165, 1.54) is 19.6 Å². The van der Waals surface area contributed by atoms with Crippen LogP contribution in [0, 0.1) is 0 Å². The van der Waals surface area contributed by atoms with Crippen LogP contribution >= 0.6 is 10.0 Å². The largest absolute Gasteiger partial charge is 0.356 e. The smallest absolute Gasteiger partial charge is 0.117 e. The van der Waals surface area contributed by atoms with Gasteiger partial charge in [0.1, 0.15) is 54.9 Å². The Morgan fingerprint density at radius 3 is 1.12 bits per heavy atom. The third kappa shape index (κ3) is 4.79. The first-order valence-electron chi connectivity index (χ1n) is 13.6. The highest BCUT2D eigenvalue weighted by atomic mass is 32.3. The number of fused-ring (bicyclic) bond motifs is 1. The molecule has 6 aromatic carbocycles. The lowest BCUT2D eigenvalue weighted by Gasteiger charge is -2.42. The van der Waals surface area contributed by atoms with E-state index in [4.69, 9.17) is 54.9 Å². The average Bonchev–Trinajstić information content (AvgIpc) is 3.05. The molecule has 0 spiro atoms. The van der Waals surface area contributed by atoms with Gasteiger partial charge in [0.15, 0.2) is 0 Å². The fourth-order valence-corrected chi connectivity index (χ4v) is 9.51. The van der Waals surface area contributed by atoms with Crippen LogP contribution in [-0.2, 0) is 0 Å². The molecule has 6 rings (SSSR count). The van der Waals surface area contributed by atoms with Crippen molar-refractivity contribution >= 4 is 125 Å². The first kappa shape index (κ1) is 29.3. The number of anilines is 2. The van der Waals surface area contributed by atoms with Gasteiger partial charge in [0.2, 0.25) is 0 Å². The third-order valence-corrected chi connectivity index (χ3v) is 11.7. The van der Waals surface area contributed by atoms with Gasteiger partial charge in [0, 0.05) is 31.0 Å². The molecule has 0 heterocycles. The monoisotopic (exact) mass is 551 g/mol.